The molecular weight excluding hydrogens is 290 g/mol. The molecule has 0 unspecified atom stereocenters. The van der Waals surface area contributed by atoms with Gasteiger partial charge in [0.05, 0.1) is 21.4 Å². The van der Waals surface area contributed by atoms with Gasteiger partial charge in [-0.15, -0.1) is 0 Å². The number of halogens is 3. The first-order valence-corrected chi connectivity index (χ1v) is 6.05. The molecule has 1 heterocycles. The third-order valence-electron chi connectivity index (χ3n) is 2.58. The van der Waals surface area contributed by atoms with E-state index in [0.29, 0.717) is 22.8 Å². The van der Waals surface area contributed by atoms with Crippen molar-refractivity contribution in [1.29, 1.82) is 5.26 Å². The fourth-order valence-electron chi connectivity index (χ4n) is 1.72. The van der Waals surface area contributed by atoms with Gasteiger partial charge in [0.1, 0.15) is 23.3 Å². The van der Waals surface area contributed by atoms with Crippen LogP contribution >= 0.6 is 23.2 Å². The number of aryl methyl sites for hydroxylation is 2. The highest BCUT2D eigenvalue weighted by Crippen LogP contribution is 2.34. The summed E-state index contributed by atoms with van der Waals surface area (Å²) >= 11 is 11.9. The molecule has 7 heteroatoms. The van der Waals surface area contributed by atoms with Gasteiger partial charge < -0.3 is 5.32 Å². The van der Waals surface area contributed by atoms with E-state index in [0.717, 1.165) is 12.1 Å². The van der Waals surface area contributed by atoms with Crippen molar-refractivity contribution in [1.82, 2.24) is 9.78 Å². The minimum Gasteiger partial charge on any atom is -0.337 e. The van der Waals surface area contributed by atoms with E-state index >= 15 is 0 Å². The second-order valence-corrected chi connectivity index (χ2v) is 4.73. The zero-order valence-corrected chi connectivity index (χ0v) is 11.6. The topological polar surface area (TPSA) is 53.6 Å². The summed E-state index contributed by atoms with van der Waals surface area (Å²) < 4.78 is 14.6. The predicted molar refractivity (Wildman–Crippen MR) is 72.4 cm³/mol. The SMILES string of the molecule is Cc1nn(C)c(Nc2c(Cl)cc(F)cc2Cl)c1C#N. The van der Waals surface area contributed by atoms with Crippen molar-refractivity contribution in [2.75, 3.05) is 5.32 Å². The van der Waals surface area contributed by atoms with Crippen LogP contribution in [0, 0.1) is 24.1 Å². The molecule has 0 bridgehead atoms. The van der Waals surface area contributed by atoms with Gasteiger partial charge in [-0.2, -0.15) is 10.4 Å². The molecule has 1 aromatic carbocycles. The van der Waals surface area contributed by atoms with E-state index in [4.69, 9.17) is 28.5 Å². The summed E-state index contributed by atoms with van der Waals surface area (Å²) in [5.41, 5.74) is 1.31. The van der Waals surface area contributed by atoms with Gasteiger partial charge in [-0.1, -0.05) is 23.2 Å². The molecule has 2 rings (SSSR count). The fourth-order valence-corrected chi connectivity index (χ4v) is 2.27. The number of rotatable bonds is 2. The van der Waals surface area contributed by atoms with Crippen LogP contribution in [-0.4, -0.2) is 9.78 Å². The summed E-state index contributed by atoms with van der Waals surface area (Å²) in [6.07, 6.45) is 0. The van der Waals surface area contributed by atoms with Crippen molar-refractivity contribution < 1.29 is 4.39 Å². The molecule has 0 radical (unpaired) electrons. The molecule has 0 spiro atoms. The minimum atomic E-state index is -0.526. The van der Waals surface area contributed by atoms with Crippen molar-refractivity contribution >= 4 is 34.7 Å². The summed E-state index contributed by atoms with van der Waals surface area (Å²) in [7, 11) is 1.68. The lowest BCUT2D eigenvalue weighted by Crippen LogP contribution is -2.01. The Morgan fingerprint density at radius 1 is 1.37 bits per heavy atom. The smallest absolute Gasteiger partial charge is 0.146 e. The van der Waals surface area contributed by atoms with Gasteiger partial charge in [-0.05, 0) is 19.1 Å². The van der Waals surface area contributed by atoms with Crippen LogP contribution in [0.1, 0.15) is 11.3 Å². The normalized spacial score (nSPS) is 10.3. The summed E-state index contributed by atoms with van der Waals surface area (Å²) in [6.45, 7) is 1.72. The van der Waals surface area contributed by atoms with Gasteiger partial charge in [0.15, 0.2) is 0 Å². The molecule has 0 fully saturated rings. The second kappa shape index (κ2) is 5.08. The first-order valence-electron chi connectivity index (χ1n) is 5.29. The summed E-state index contributed by atoms with van der Waals surface area (Å²) in [5, 5.41) is 16.4. The number of nitriles is 1. The highest BCUT2D eigenvalue weighted by Gasteiger charge is 2.16. The fraction of sp³-hybridized carbons (Fsp3) is 0.167. The van der Waals surface area contributed by atoms with Gasteiger partial charge in [-0.3, -0.25) is 4.68 Å². The van der Waals surface area contributed by atoms with Crippen molar-refractivity contribution in [3.05, 3.63) is 39.3 Å². The van der Waals surface area contributed by atoms with Crippen LogP contribution in [0.25, 0.3) is 0 Å². The van der Waals surface area contributed by atoms with Crippen LogP contribution in [0.2, 0.25) is 10.0 Å². The van der Waals surface area contributed by atoms with Gasteiger partial charge in [0, 0.05) is 7.05 Å². The number of aromatic nitrogens is 2. The van der Waals surface area contributed by atoms with Gasteiger partial charge >= 0.3 is 0 Å². The van der Waals surface area contributed by atoms with Crippen LogP contribution in [0.15, 0.2) is 12.1 Å². The third-order valence-corrected chi connectivity index (χ3v) is 3.18. The quantitative estimate of drug-likeness (QED) is 0.918. The molecule has 0 saturated carbocycles. The molecule has 0 aliphatic rings. The van der Waals surface area contributed by atoms with E-state index in [2.05, 4.69) is 10.4 Å². The zero-order chi connectivity index (χ0) is 14.2. The third kappa shape index (κ3) is 2.50. The first-order chi connectivity index (χ1) is 8.93. The number of hydrogen-bond acceptors (Lipinski definition) is 3. The molecular formula is C12H9Cl2FN4. The Morgan fingerprint density at radius 3 is 2.47 bits per heavy atom. The summed E-state index contributed by atoms with van der Waals surface area (Å²) in [4.78, 5) is 0. The molecule has 0 aliphatic carbocycles. The Kier molecular flexibility index (Phi) is 3.65. The maximum atomic E-state index is 13.1. The van der Waals surface area contributed by atoms with Gasteiger partial charge in [0.25, 0.3) is 0 Å². The van der Waals surface area contributed by atoms with Crippen LogP contribution in [0.3, 0.4) is 0 Å². The highest BCUT2D eigenvalue weighted by atomic mass is 35.5. The number of anilines is 2. The molecule has 0 amide bonds. The zero-order valence-electron chi connectivity index (χ0n) is 10.1. The minimum absolute atomic E-state index is 0.132. The molecule has 2 aromatic rings. The summed E-state index contributed by atoms with van der Waals surface area (Å²) in [6, 6.07) is 4.34. The lowest BCUT2D eigenvalue weighted by atomic mass is 10.2. The Morgan fingerprint density at radius 2 is 1.95 bits per heavy atom. The molecule has 0 saturated heterocycles. The van der Waals surface area contributed by atoms with E-state index in [-0.39, 0.29) is 10.0 Å². The summed E-state index contributed by atoms with van der Waals surface area (Å²) in [5.74, 6) is -0.0716. The van der Waals surface area contributed by atoms with Crippen LogP contribution in [0.4, 0.5) is 15.9 Å². The number of hydrogen-bond donors (Lipinski definition) is 1. The molecule has 1 N–H and O–H groups in total. The van der Waals surface area contributed by atoms with Crippen LogP contribution in [0.5, 0.6) is 0 Å². The Labute approximate surface area is 119 Å². The van der Waals surface area contributed by atoms with E-state index in [1.54, 1.807) is 14.0 Å². The van der Waals surface area contributed by atoms with Gasteiger partial charge in [-0.25, -0.2) is 4.39 Å². The lowest BCUT2D eigenvalue weighted by molar-refractivity contribution is 0.628. The standard InChI is InChI=1S/C12H9Cl2FN4/c1-6-8(5-16)12(19(2)18-6)17-11-9(13)3-7(15)4-10(11)14/h3-4,17H,1-2H3. The van der Waals surface area contributed by atoms with Crippen molar-refractivity contribution in [2.24, 2.45) is 7.05 Å². The van der Waals surface area contributed by atoms with Crippen molar-refractivity contribution in [3.8, 4) is 6.07 Å². The maximum Gasteiger partial charge on any atom is 0.146 e. The van der Waals surface area contributed by atoms with Crippen LogP contribution in [-0.2, 0) is 7.05 Å². The largest absolute Gasteiger partial charge is 0.337 e. The molecule has 0 atom stereocenters. The van der Waals surface area contributed by atoms with Gasteiger partial charge in [0.2, 0.25) is 0 Å². The molecule has 98 valence electrons. The highest BCUT2D eigenvalue weighted by molar-refractivity contribution is 6.39. The van der Waals surface area contributed by atoms with Crippen molar-refractivity contribution in [2.45, 2.75) is 6.92 Å². The molecule has 1 aromatic heterocycles. The van der Waals surface area contributed by atoms with E-state index in [1.165, 1.54) is 4.68 Å². The number of nitrogens with one attached hydrogen (secondary N) is 1. The first kappa shape index (κ1) is 13.7. The maximum absolute atomic E-state index is 13.1. The lowest BCUT2D eigenvalue weighted by Gasteiger charge is -2.11. The molecule has 4 nitrogen and oxygen atoms in total. The van der Waals surface area contributed by atoms with Crippen molar-refractivity contribution in [3.63, 3.8) is 0 Å². The second-order valence-electron chi connectivity index (χ2n) is 3.91. The van der Waals surface area contributed by atoms with Crippen LogP contribution < -0.4 is 5.32 Å². The monoisotopic (exact) mass is 298 g/mol. The van der Waals surface area contributed by atoms with E-state index < -0.39 is 5.82 Å². The Balaban J connectivity index is 2.51. The molecule has 19 heavy (non-hydrogen) atoms. The Bertz CT molecular complexity index is 665. The van der Waals surface area contributed by atoms with E-state index in [1.807, 2.05) is 6.07 Å². The number of benzene rings is 1. The van der Waals surface area contributed by atoms with E-state index in [9.17, 15) is 4.39 Å². The molecule has 0 aliphatic heterocycles. The predicted octanol–water partition coefficient (Wildman–Crippen LogP) is 3.79. The average Bonchev–Trinajstić information content (AvgIpc) is 2.57. The Hall–Kier alpha value is -1.77. The number of nitrogens with zero attached hydrogens (tertiary/aromatic N) is 3. The average molecular weight is 299 g/mol.